The van der Waals surface area contributed by atoms with Crippen molar-refractivity contribution in [3.63, 3.8) is 0 Å². The van der Waals surface area contributed by atoms with Crippen LogP contribution < -0.4 is 15.2 Å². The molecule has 2 aromatic carbocycles. The fraction of sp³-hybridized carbons (Fsp3) is 0.250. The molecule has 1 atom stereocenters. The van der Waals surface area contributed by atoms with Gasteiger partial charge < -0.3 is 15.2 Å². The van der Waals surface area contributed by atoms with E-state index in [0.717, 1.165) is 16.7 Å². The number of rotatable bonds is 4. The zero-order valence-corrected chi connectivity index (χ0v) is 11.8. The Hall–Kier alpha value is -2.07. The SMILES string of the molecule is COc1ccc(-c2cc(F)ccc2C(C)N)cc1OC. The summed E-state index contributed by atoms with van der Waals surface area (Å²) in [6, 6.07) is 9.92. The number of benzene rings is 2. The molecule has 0 bridgehead atoms. The van der Waals surface area contributed by atoms with Gasteiger partial charge in [-0.2, -0.15) is 0 Å². The van der Waals surface area contributed by atoms with Crippen molar-refractivity contribution < 1.29 is 13.9 Å². The first kappa shape index (κ1) is 14.3. The van der Waals surface area contributed by atoms with Gasteiger partial charge in [0.25, 0.3) is 0 Å². The molecule has 0 radical (unpaired) electrons. The van der Waals surface area contributed by atoms with E-state index >= 15 is 0 Å². The number of nitrogens with two attached hydrogens (primary N) is 1. The van der Waals surface area contributed by atoms with Gasteiger partial charge in [-0.15, -0.1) is 0 Å². The van der Waals surface area contributed by atoms with E-state index in [4.69, 9.17) is 15.2 Å². The lowest BCUT2D eigenvalue weighted by molar-refractivity contribution is 0.355. The Morgan fingerprint density at radius 3 is 2.30 bits per heavy atom. The topological polar surface area (TPSA) is 44.5 Å². The molecule has 0 amide bonds. The molecule has 0 aliphatic heterocycles. The van der Waals surface area contributed by atoms with Crippen LogP contribution >= 0.6 is 0 Å². The van der Waals surface area contributed by atoms with Crippen molar-refractivity contribution in [1.29, 1.82) is 0 Å². The Morgan fingerprint density at radius 2 is 1.70 bits per heavy atom. The molecule has 20 heavy (non-hydrogen) atoms. The van der Waals surface area contributed by atoms with Gasteiger partial charge in [-0.3, -0.25) is 0 Å². The zero-order valence-electron chi connectivity index (χ0n) is 11.8. The van der Waals surface area contributed by atoms with Crippen LogP contribution in [0.4, 0.5) is 4.39 Å². The van der Waals surface area contributed by atoms with Crippen LogP contribution in [0, 0.1) is 5.82 Å². The van der Waals surface area contributed by atoms with Crippen LogP contribution in [-0.2, 0) is 0 Å². The molecule has 0 aromatic heterocycles. The molecule has 0 spiro atoms. The predicted octanol–water partition coefficient (Wildman–Crippen LogP) is 3.53. The molecule has 3 nitrogen and oxygen atoms in total. The van der Waals surface area contributed by atoms with Crippen molar-refractivity contribution in [2.24, 2.45) is 5.73 Å². The molecule has 106 valence electrons. The third kappa shape index (κ3) is 2.75. The highest BCUT2D eigenvalue weighted by Gasteiger charge is 2.12. The second-order valence-corrected chi connectivity index (χ2v) is 4.59. The summed E-state index contributed by atoms with van der Waals surface area (Å²) in [6.45, 7) is 1.87. The Kier molecular flexibility index (Phi) is 4.25. The molecule has 2 aromatic rings. The molecular weight excluding hydrogens is 257 g/mol. The Balaban J connectivity index is 2.58. The van der Waals surface area contributed by atoms with E-state index in [9.17, 15) is 4.39 Å². The van der Waals surface area contributed by atoms with Gasteiger partial charge in [-0.1, -0.05) is 12.1 Å². The van der Waals surface area contributed by atoms with Crippen molar-refractivity contribution in [3.8, 4) is 22.6 Å². The summed E-state index contributed by atoms with van der Waals surface area (Å²) in [4.78, 5) is 0. The molecule has 0 aliphatic rings. The largest absolute Gasteiger partial charge is 0.493 e. The molecular formula is C16H18FNO2. The smallest absolute Gasteiger partial charge is 0.161 e. The molecule has 2 rings (SSSR count). The maximum atomic E-state index is 13.5. The van der Waals surface area contributed by atoms with Crippen molar-refractivity contribution in [2.45, 2.75) is 13.0 Å². The normalized spacial score (nSPS) is 12.1. The van der Waals surface area contributed by atoms with E-state index in [1.165, 1.54) is 12.1 Å². The Labute approximate surface area is 118 Å². The predicted molar refractivity (Wildman–Crippen MR) is 77.5 cm³/mol. The zero-order chi connectivity index (χ0) is 14.7. The van der Waals surface area contributed by atoms with Crippen LogP contribution in [0.25, 0.3) is 11.1 Å². The van der Waals surface area contributed by atoms with E-state index < -0.39 is 0 Å². The van der Waals surface area contributed by atoms with E-state index in [0.29, 0.717) is 11.5 Å². The first-order valence-electron chi connectivity index (χ1n) is 6.34. The highest BCUT2D eigenvalue weighted by molar-refractivity contribution is 5.71. The lowest BCUT2D eigenvalue weighted by atomic mass is 9.95. The van der Waals surface area contributed by atoms with E-state index in [1.807, 2.05) is 19.1 Å². The summed E-state index contributed by atoms with van der Waals surface area (Å²) in [7, 11) is 3.15. The van der Waals surface area contributed by atoms with Crippen LogP contribution in [0.15, 0.2) is 36.4 Å². The van der Waals surface area contributed by atoms with Crippen LogP contribution in [-0.4, -0.2) is 14.2 Å². The number of halogens is 1. The maximum absolute atomic E-state index is 13.5. The van der Waals surface area contributed by atoms with Crippen molar-refractivity contribution >= 4 is 0 Å². The average Bonchev–Trinajstić information content (AvgIpc) is 2.46. The van der Waals surface area contributed by atoms with Gasteiger partial charge in [0.05, 0.1) is 14.2 Å². The van der Waals surface area contributed by atoms with Gasteiger partial charge in [0.15, 0.2) is 11.5 Å². The van der Waals surface area contributed by atoms with Gasteiger partial charge in [0, 0.05) is 6.04 Å². The summed E-state index contributed by atoms with van der Waals surface area (Å²) in [5.41, 5.74) is 8.44. The Morgan fingerprint density at radius 1 is 1.00 bits per heavy atom. The number of methoxy groups -OCH3 is 2. The van der Waals surface area contributed by atoms with E-state index in [1.54, 1.807) is 26.4 Å². The summed E-state index contributed by atoms with van der Waals surface area (Å²) in [6.07, 6.45) is 0. The molecule has 2 N–H and O–H groups in total. The van der Waals surface area contributed by atoms with Gasteiger partial charge in [0.2, 0.25) is 0 Å². The van der Waals surface area contributed by atoms with Crippen LogP contribution in [0.3, 0.4) is 0 Å². The monoisotopic (exact) mass is 275 g/mol. The molecule has 1 unspecified atom stereocenters. The van der Waals surface area contributed by atoms with E-state index in [-0.39, 0.29) is 11.9 Å². The van der Waals surface area contributed by atoms with Crippen molar-refractivity contribution in [3.05, 3.63) is 47.8 Å². The van der Waals surface area contributed by atoms with Crippen LogP contribution in [0.2, 0.25) is 0 Å². The quantitative estimate of drug-likeness (QED) is 0.928. The highest BCUT2D eigenvalue weighted by atomic mass is 19.1. The minimum absolute atomic E-state index is 0.182. The average molecular weight is 275 g/mol. The Bertz CT molecular complexity index is 611. The van der Waals surface area contributed by atoms with Crippen LogP contribution in [0.1, 0.15) is 18.5 Å². The molecule has 4 heteroatoms. The molecule has 0 saturated carbocycles. The molecule has 0 fully saturated rings. The second-order valence-electron chi connectivity index (χ2n) is 4.59. The number of hydrogen-bond donors (Lipinski definition) is 1. The van der Waals surface area contributed by atoms with E-state index in [2.05, 4.69) is 0 Å². The third-order valence-electron chi connectivity index (χ3n) is 3.20. The van der Waals surface area contributed by atoms with Crippen molar-refractivity contribution in [1.82, 2.24) is 0 Å². The molecule has 0 saturated heterocycles. The van der Waals surface area contributed by atoms with Crippen LogP contribution in [0.5, 0.6) is 11.5 Å². The minimum atomic E-state index is -0.292. The first-order valence-corrected chi connectivity index (χ1v) is 6.34. The van der Waals surface area contributed by atoms with Gasteiger partial charge in [-0.05, 0) is 47.9 Å². The molecule has 0 aliphatic carbocycles. The number of ether oxygens (including phenoxy) is 2. The maximum Gasteiger partial charge on any atom is 0.161 e. The van der Waals surface area contributed by atoms with Gasteiger partial charge >= 0.3 is 0 Å². The van der Waals surface area contributed by atoms with Gasteiger partial charge in [-0.25, -0.2) is 4.39 Å². The molecule has 0 heterocycles. The summed E-state index contributed by atoms with van der Waals surface area (Å²) in [5, 5.41) is 0. The fourth-order valence-electron chi connectivity index (χ4n) is 2.18. The summed E-state index contributed by atoms with van der Waals surface area (Å²) < 4.78 is 24.0. The third-order valence-corrected chi connectivity index (χ3v) is 3.20. The standard InChI is InChI=1S/C16H18FNO2/c1-10(18)13-6-5-12(17)9-14(13)11-4-7-15(19-2)16(8-11)20-3/h4-10H,18H2,1-3H3. The minimum Gasteiger partial charge on any atom is -0.493 e. The highest BCUT2D eigenvalue weighted by Crippen LogP contribution is 2.35. The first-order chi connectivity index (χ1) is 9.56. The lowest BCUT2D eigenvalue weighted by Gasteiger charge is -2.15. The van der Waals surface area contributed by atoms with Crippen molar-refractivity contribution in [2.75, 3.05) is 14.2 Å². The summed E-state index contributed by atoms with van der Waals surface area (Å²) in [5.74, 6) is 0.944. The van der Waals surface area contributed by atoms with Gasteiger partial charge in [0.1, 0.15) is 5.82 Å². The second kappa shape index (κ2) is 5.92. The number of hydrogen-bond acceptors (Lipinski definition) is 3. The lowest BCUT2D eigenvalue weighted by Crippen LogP contribution is -2.07. The summed E-state index contributed by atoms with van der Waals surface area (Å²) >= 11 is 0. The fourth-order valence-corrected chi connectivity index (χ4v) is 2.18.